The molecule has 2 N–H and O–H groups in total. The molecule has 2 nitrogen and oxygen atoms in total. The third-order valence-electron chi connectivity index (χ3n) is 1.93. The summed E-state index contributed by atoms with van der Waals surface area (Å²) in [6, 6.07) is 3.94. The van der Waals surface area contributed by atoms with Crippen LogP contribution in [0.25, 0.3) is 0 Å². The maximum atomic E-state index is 5.79. The zero-order valence-electron chi connectivity index (χ0n) is 8.72. The lowest BCUT2D eigenvalue weighted by Gasteiger charge is -2.13. The molecule has 0 saturated heterocycles. The van der Waals surface area contributed by atoms with Crippen molar-refractivity contribution < 1.29 is 4.74 Å². The molecule has 0 radical (unpaired) electrons. The van der Waals surface area contributed by atoms with Gasteiger partial charge in [0.25, 0.3) is 0 Å². The zero-order chi connectivity index (χ0) is 10.0. The van der Waals surface area contributed by atoms with Gasteiger partial charge in [-0.15, -0.1) is 0 Å². The first kappa shape index (κ1) is 9.90. The maximum Gasteiger partial charge on any atom is 0.124 e. The molecule has 0 bridgehead atoms. The number of aryl methyl sites for hydroxylation is 2. The molecule has 0 heterocycles. The van der Waals surface area contributed by atoms with Crippen LogP contribution >= 0.6 is 0 Å². The van der Waals surface area contributed by atoms with E-state index in [1.165, 1.54) is 0 Å². The summed E-state index contributed by atoms with van der Waals surface area (Å²) < 4.78 is 5.60. The van der Waals surface area contributed by atoms with Gasteiger partial charge in [-0.3, -0.25) is 0 Å². The minimum Gasteiger partial charge on any atom is -0.491 e. The lowest BCUT2D eigenvalue weighted by molar-refractivity contribution is 0.241. The monoisotopic (exact) mass is 179 g/mol. The lowest BCUT2D eigenvalue weighted by atomic mass is 10.1. The van der Waals surface area contributed by atoms with E-state index in [0.717, 1.165) is 22.6 Å². The number of nitrogen functional groups attached to an aromatic ring is 1. The van der Waals surface area contributed by atoms with Crippen LogP contribution < -0.4 is 10.5 Å². The van der Waals surface area contributed by atoms with Crippen molar-refractivity contribution in [1.82, 2.24) is 0 Å². The Labute approximate surface area is 79.7 Å². The number of ether oxygens (including phenoxy) is 1. The summed E-state index contributed by atoms with van der Waals surface area (Å²) in [5.74, 6) is 0.887. The molecule has 0 aromatic heterocycles. The van der Waals surface area contributed by atoms with Crippen LogP contribution in [0.15, 0.2) is 12.1 Å². The van der Waals surface area contributed by atoms with Crippen LogP contribution in [-0.4, -0.2) is 6.10 Å². The predicted molar refractivity (Wildman–Crippen MR) is 56.1 cm³/mol. The Bertz CT molecular complexity index is 305. The quantitative estimate of drug-likeness (QED) is 0.708. The molecule has 1 aromatic rings. The van der Waals surface area contributed by atoms with Gasteiger partial charge in [-0.25, -0.2) is 0 Å². The van der Waals surface area contributed by atoms with Gasteiger partial charge < -0.3 is 10.5 Å². The molecule has 0 aliphatic heterocycles. The largest absolute Gasteiger partial charge is 0.491 e. The minimum absolute atomic E-state index is 0.195. The number of rotatable bonds is 2. The van der Waals surface area contributed by atoms with Crippen LogP contribution in [0.3, 0.4) is 0 Å². The molecule has 0 aliphatic rings. The van der Waals surface area contributed by atoms with Crippen molar-refractivity contribution >= 4 is 5.69 Å². The first-order valence-electron chi connectivity index (χ1n) is 4.54. The van der Waals surface area contributed by atoms with Gasteiger partial charge in [0.1, 0.15) is 5.75 Å². The summed E-state index contributed by atoms with van der Waals surface area (Å²) in [7, 11) is 0. The van der Waals surface area contributed by atoms with Crippen molar-refractivity contribution in [2.24, 2.45) is 0 Å². The second-order valence-corrected chi connectivity index (χ2v) is 3.64. The van der Waals surface area contributed by atoms with Gasteiger partial charge in [0.15, 0.2) is 0 Å². The second kappa shape index (κ2) is 3.69. The van der Waals surface area contributed by atoms with E-state index in [1.54, 1.807) is 0 Å². The van der Waals surface area contributed by atoms with Crippen LogP contribution in [0.4, 0.5) is 5.69 Å². The molecule has 1 rings (SSSR count). The van der Waals surface area contributed by atoms with Crippen molar-refractivity contribution in [2.75, 3.05) is 5.73 Å². The zero-order valence-corrected chi connectivity index (χ0v) is 8.72. The molecule has 0 saturated carbocycles. The molecular weight excluding hydrogens is 162 g/mol. The highest BCUT2D eigenvalue weighted by atomic mass is 16.5. The van der Waals surface area contributed by atoms with Crippen molar-refractivity contribution in [3.63, 3.8) is 0 Å². The molecule has 0 atom stereocenters. The average molecular weight is 179 g/mol. The van der Waals surface area contributed by atoms with E-state index in [2.05, 4.69) is 0 Å². The van der Waals surface area contributed by atoms with E-state index < -0.39 is 0 Å². The smallest absolute Gasteiger partial charge is 0.124 e. The molecule has 0 amide bonds. The molecule has 13 heavy (non-hydrogen) atoms. The predicted octanol–water partition coefficient (Wildman–Crippen LogP) is 2.67. The van der Waals surface area contributed by atoms with Crippen molar-refractivity contribution in [3.8, 4) is 5.75 Å². The van der Waals surface area contributed by atoms with E-state index in [9.17, 15) is 0 Å². The standard InChI is InChI=1S/C11H17NO/c1-7(2)13-11-6-10(12)8(3)5-9(11)4/h5-7H,12H2,1-4H3. The van der Waals surface area contributed by atoms with E-state index in [1.807, 2.05) is 39.8 Å². The fourth-order valence-electron chi connectivity index (χ4n) is 1.23. The number of benzene rings is 1. The van der Waals surface area contributed by atoms with Crippen LogP contribution in [0.2, 0.25) is 0 Å². The van der Waals surface area contributed by atoms with E-state index >= 15 is 0 Å². The van der Waals surface area contributed by atoms with E-state index in [4.69, 9.17) is 10.5 Å². The summed E-state index contributed by atoms with van der Waals surface area (Å²) in [5.41, 5.74) is 8.82. The van der Waals surface area contributed by atoms with Gasteiger partial charge in [-0.05, 0) is 38.8 Å². The summed E-state index contributed by atoms with van der Waals surface area (Å²) >= 11 is 0. The maximum absolute atomic E-state index is 5.79. The summed E-state index contributed by atoms with van der Waals surface area (Å²) in [4.78, 5) is 0. The highest BCUT2D eigenvalue weighted by Crippen LogP contribution is 2.25. The molecule has 1 aromatic carbocycles. The Kier molecular flexibility index (Phi) is 2.81. The topological polar surface area (TPSA) is 35.2 Å². The van der Waals surface area contributed by atoms with Crippen LogP contribution in [0.5, 0.6) is 5.75 Å². The third kappa shape index (κ3) is 2.38. The highest BCUT2D eigenvalue weighted by Gasteiger charge is 2.04. The minimum atomic E-state index is 0.195. The first-order chi connectivity index (χ1) is 6.00. The van der Waals surface area contributed by atoms with Crippen LogP contribution in [0.1, 0.15) is 25.0 Å². The Morgan fingerprint density at radius 2 is 1.77 bits per heavy atom. The van der Waals surface area contributed by atoms with Crippen molar-refractivity contribution in [2.45, 2.75) is 33.8 Å². The normalized spacial score (nSPS) is 10.5. The van der Waals surface area contributed by atoms with E-state index in [-0.39, 0.29) is 6.10 Å². The van der Waals surface area contributed by atoms with Gasteiger partial charge in [-0.2, -0.15) is 0 Å². The van der Waals surface area contributed by atoms with Crippen LogP contribution in [0, 0.1) is 13.8 Å². The van der Waals surface area contributed by atoms with E-state index in [0.29, 0.717) is 0 Å². The SMILES string of the molecule is Cc1cc(C)c(OC(C)C)cc1N. The lowest BCUT2D eigenvalue weighted by Crippen LogP contribution is -2.07. The summed E-state index contributed by atoms with van der Waals surface area (Å²) in [6.45, 7) is 8.05. The van der Waals surface area contributed by atoms with Crippen molar-refractivity contribution in [1.29, 1.82) is 0 Å². The molecule has 0 unspecified atom stereocenters. The van der Waals surface area contributed by atoms with Gasteiger partial charge >= 0.3 is 0 Å². The molecule has 2 heteroatoms. The van der Waals surface area contributed by atoms with Gasteiger partial charge in [0.2, 0.25) is 0 Å². The highest BCUT2D eigenvalue weighted by molar-refractivity contribution is 5.54. The average Bonchev–Trinajstić information content (AvgIpc) is 1.99. The molecule has 0 fully saturated rings. The second-order valence-electron chi connectivity index (χ2n) is 3.64. The molecular formula is C11H17NO. The van der Waals surface area contributed by atoms with Crippen molar-refractivity contribution in [3.05, 3.63) is 23.3 Å². The van der Waals surface area contributed by atoms with Gasteiger partial charge in [0.05, 0.1) is 6.10 Å². The third-order valence-corrected chi connectivity index (χ3v) is 1.93. The Balaban J connectivity index is 3.01. The van der Waals surface area contributed by atoms with Gasteiger partial charge in [0, 0.05) is 11.8 Å². The number of anilines is 1. The molecule has 0 spiro atoms. The summed E-state index contributed by atoms with van der Waals surface area (Å²) in [6.07, 6.45) is 0.195. The first-order valence-corrected chi connectivity index (χ1v) is 4.54. The Hall–Kier alpha value is -1.18. The number of hydrogen-bond acceptors (Lipinski definition) is 2. The van der Waals surface area contributed by atoms with Crippen LogP contribution in [-0.2, 0) is 0 Å². The number of nitrogens with two attached hydrogens (primary N) is 1. The molecule has 0 aliphatic carbocycles. The molecule has 72 valence electrons. The summed E-state index contributed by atoms with van der Waals surface area (Å²) in [5, 5.41) is 0. The fraction of sp³-hybridized carbons (Fsp3) is 0.455. The van der Waals surface area contributed by atoms with Gasteiger partial charge in [-0.1, -0.05) is 6.07 Å². The fourth-order valence-corrected chi connectivity index (χ4v) is 1.23. The number of hydrogen-bond donors (Lipinski definition) is 1. The Morgan fingerprint density at radius 1 is 1.15 bits per heavy atom. The Morgan fingerprint density at radius 3 is 2.31 bits per heavy atom.